The van der Waals surface area contributed by atoms with Crippen molar-refractivity contribution in [1.29, 1.82) is 0 Å². The van der Waals surface area contributed by atoms with E-state index in [2.05, 4.69) is 94.1 Å². The molecule has 0 saturated carbocycles. The first kappa shape index (κ1) is 27.5. The molecule has 0 spiro atoms. The van der Waals surface area contributed by atoms with Gasteiger partial charge < -0.3 is 21.3 Å². The first-order valence-electron chi connectivity index (χ1n) is 13.8. The summed E-state index contributed by atoms with van der Waals surface area (Å²) in [5.74, 6) is 4.54. The zero-order chi connectivity index (χ0) is 25.8. The smallest absolute Gasteiger partial charge is 0.0206 e. The third-order valence-electron chi connectivity index (χ3n) is 6.95. The molecule has 1 heterocycles. The monoisotopic (exact) mass is 544 g/mol. The number of nitrogens with one attached hydrogen (secondary N) is 4. The molecule has 1 aliphatic rings. The maximum atomic E-state index is 3.62. The summed E-state index contributed by atoms with van der Waals surface area (Å²) in [6, 6.07) is 27.4. The lowest BCUT2D eigenvalue weighted by Crippen LogP contribution is -2.19. The minimum Gasteiger partial charge on any atom is -0.312 e. The molecule has 6 heteroatoms. The summed E-state index contributed by atoms with van der Waals surface area (Å²) in [5.41, 5.74) is 5.43. The first-order chi connectivity index (χ1) is 18.8. The molecular weight excluding hydrogens is 505 g/mol. The van der Waals surface area contributed by atoms with Crippen molar-refractivity contribution in [1.82, 2.24) is 21.3 Å². The largest absolute Gasteiger partial charge is 0.312 e. The number of hydrogen-bond acceptors (Lipinski definition) is 6. The lowest BCUT2D eigenvalue weighted by molar-refractivity contribution is 0.723. The Morgan fingerprint density at radius 2 is 0.658 bits per heavy atom. The van der Waals surface area contributed by atoms with Crippen LogP contribution in [0.2, 0.25) is 0 Å². The van der Waals surface area contributed by atoms with Gasteiger partial charge in [0.05, 0.1) is 0 Å². The molecule has 4 nitrogen and oxygen atoms in total. The van der Waals surface area contributed by atoms with E-state index < -0.39 is 0 Å². The van der Waals surface area contributed by atoms with Crippen LogP contribution in [0.15, 0.2) is 72.8 Å². The SMILES string of the molecule is c1cc2ccc3cc2cc1CNCCSCCNCc1ccc2ccc(cc2c1)CNCCSCCNC3. The van der Waals surface area contributed by atoms with Gasteiger partial charge in [-0.25, -0.2) is 0 Å². The van der Waals surface area contributed by atoms with Gasteiger partial charge in [0.1, 0.15) is 0 Å². The maximum Gasteiger partial charge on any atom is 0.0206 e. The van der Waals surface area contributed by atoms with Crippen LogP contribution in [0, 0.1) is 0 Å². The van der Waals surface area contributed by atoms with Gasteiger partial charge >= 0.3 is 0 Å². The fourth-order valence-electron chi connectivity index (χ4n) is 4.84. The molecule has 38 heavy (non-hydrogen) atoms. The van der Waals surface area contributed by atoms with E-state index in [0.29, 0.717) is 0 Å². The van der Waals surface area contributed by atoms with Gasteiger partial charge in [-0.15, -0.1) is 0 Å². The quantitative estimate of drug-likeness (QED) is 0.234. The van der Waals surface area contributed by atoms with Crippen molar-refractivity contribution in [2.75, 3.05) is 49.2 Å². The summed E-state index contributed by atoms with van der Waals surface area (Å²) in [4.78, 5) is 0. The van der Waals surface area contributed by atoms with Crippen LogP contribution < -0.4 is 21.3 Å². The van der Waals surface area contributed by atoms with E-state index in [1.165, 1.54) is 43.8 Å². The predicted octanol–water partition coefficient (Wildman–Crippen LogP) is 5.53. The summed E-state index contributed by atoms with van der Waals surface area (Å²) in [5, 5.41) is 19.8. The van der Waals surface area contributed by atoms with E-state index >= 15 is 0 Å². The number of benzene rings is 4. The first-order valence-corrected chi connectivity index (χ1v) is 16.2. The summed E-state index contributed by atoms with van der Waals surface area (Å²) >= 11 is 4.03. The lowest BCUT2D eigenvalue weighted by Gasteiger charge is -2.10. The predicted molar refractivity (Wildman–Crippen MR) is 169 cm³/mol. The Morgan fingerprint density at radius 1 is 0.368 bits per heavy atom. The van der Waals surface area contributed by atoms with Gasteiger partial charge in [-0.1, -0.05) is 48.5 Å². The Hall–Kier alpha value is -2.06. The minimum absolute atomic E-state index is 0.924. The molecule has 0 amide bonds. The number of hydrogen-bond donors (Lipinski definition) is 4. The molecule has 0 radical (unpaired) electrons. The minimum atomic E-state index is 0.924. The molecule has 6 bridgehead atoms. The van der Waals surface area contributed by atoms with E-state index in [-0.39, 0.29) is 0 Å². The van der Waals surface area contributed by atoms with Crippen molar-refractivity contribution < 1.29 is 0 Å². The average molecular weight is 545 g/mol. The Balaban J connectivity index is 1.17. The van der Waals surface area contributed by atoms with Crippen LogP contribution in [-0.2, 0) is 26.2 Å². The molecule has 200 valence electrons. The molecule has 0 unspecified atom stereocenters. The molecule has 4 aromatic rings. The Morgan fingerprint density at radius 3 is 0.947 bits per heavy atom. The fourth-order valence-corrected chi connectivity index (χ4v) is 6.41. The van der Waals surface area contributed by atoms with Crippen molar-refractivity contribution in [2.45, 2.75) is 26.2 Å². The zero-order valence-electron chi connectivity index (χ0n) is 22.2. The van der Waals surface area contributed by atoms with Crippen molar-refractivity contribution >= 4 is 45.1 Å². The molecule has 5 rings (SSSR count). The number of fused-ring (bicyclic) bond motifs is 4. The van der Waals surface area contributed by atoms with E-state index in [1.807, 2.05) is 23.5 Å². The maximum absolute atomic E-state index is 3.62. The molecule has 0 saturated heterocycles. The van der Waals surface area contributed by atoms with Crippen LogP contribution in [0.5, 0.6) is 0 Å². The van der Waals surface area contributed by atoms with Gasteiger partial charge in [0.15, 0.2) is 0 Å². The Bertz CT molecular complexity index is 1120. The summed E-state index contributed by atoms with van der Waals surface area (Å²) < 4.78 is 0. The highest BCUT2D eigenvalue weighted by Gasteiger charge is 2.02. The van der Waals surface area contributed by atoms with Crippen LogP contribution in [0.4, 0.5) is 0 Å². The molecule has 0 fully saturated rings. The highest BCUT2D eigenvalue weighted by molar-refractivity contribution is 7.99. The molecule has 4 N–H and O–H groups in total. The van der Waals surface area contributed by atoms with E-state index in [9.17, 15) is 0 Å². The summed E-state index contributed by atoms with van der Waals surface area (Å²) in [6.07, 6.45) is 0. The lowest BCUT2D eigenvalue weighted by atomic mass is 10.0. The van der Waals surface area contributed by atoms with Crippen LogP contribution in [0.1, 0.15) is 22.3 Å². The summed E-state index contributed by atoms with van der Waals surface area (Å²) in [7, 11) is 0. The average Bonchev–Trinajstić information content (AvgIpc) is 2.94. The second kappa shape index (κ2) is 14.9. The van der Waals surface area contributed by atoms with Gasteiger partial charge in [0, 0.05) is 75.4 Å². The third kappa shape index (κ3) is 8.47. The topological polar surface area (TPSA) is 48.1 Å². The normalized spacial score (nSPS) is 17.7. The van der Waals surface area contributed by atoms with Crippen molar-refractivity contribution in [3.63, 3.8) is 0 Å². The van der Waals surface area contributed by atoms with Gasteiger partial charge in [0.2, 0.25) is 0 Å². The highest BCUT2D eigenvalue weighted by Crippen LogP contribution is 2.19. The molecular formula is C32H40N4S2. The van der Waals surface area contributed by atoms with Gasteiger partial charge in [0.25, 0.3) is 0 Å². The van der Waals surface area contributed by atoms with Crippen LogP contribution in [0.25, 0.3) is 21.5 Å². The van der Waals surface area contributed by atoms with Crippen molar-refractivity contribution in [2.24, 2.45) is 0 Å². The number of rotatable bonds is 0. The fraction of sp³-hybridized carbons (Fsp3) is 0.375. The van der Waals surface area contributed by atoms with Crippen molar-refractivity contribution in [3.05, 3.63) is 95.1 Å². The van der Waals surface area contributed by atoms with E-state index in [1.54, 1.807) is 0 Å². The molecule has 0 atom stereocenters. The second-order valence-corrected chi connectivity index (χ2v) is 12.4. The Labute approximate surface area is 236 Å². The van der Waals surface area contributed by atoms with Gasteiger partial charge in [-0.05, 0) is 68.1 Å². The second-order valence-electron chi connectivity index (χ2n) is 9.96. The van der Waals surface area contributed by atoms with Gasteiger partial charge in [-0.3, -0.25) is 0 Å². The standard InChI is InChI=1S/C32H40N4S2/c1-5-29-6-2-26-18-31(29)17-25(1)21-33-9-13-37-14-10-35-23-27-3-7-30-8-4-28(20-32(30)19-27)24-36-12-16-38-15-11-34-22-26/h1-8,17-20,33-36H,9-16,21-24H2. The Kier molecular flexibility index (Phi) is 10.8. The number of thioether (sulfide) groups is 2. The van der Waals surface area contributed by atoms with Crippen LogP contribution in [-0.4, -0.2) is 49.2 Å². The van der Waals surface area contributed by atoms with E-state index in [4.69, 9.17) is 0 Å². The van der Waals surface area contributed by atoms with Crippen LogP contribution in [0.3, 0.4) is 0 Å². The molecule has 0 aromatic heterocycles. The van der Waals surface area contributed by atoms with E-state index in [0.717, 1.165) is 75.4 Å². The summed E-state index contributed by atoms with van der Waals surface area (Å²) in [6.45, 7) is 7.83. The zero-order valence-corrected chi connectivity index (χ0v) is 23.9. The van der Waals surface area contributed by atoms with Crippen molar-refractivity contribution in [3.8, 4) is 0 Å². The molecule has 1 aliphatic heterocycles. The van der Waals surface area contributed by atoms with Gasteiger partial charge in [-0.2, -0.15) is 23.5 Å². The highest BCUT2D eigenvalue weighted by atomic mass is 32.2. The third-order valence-corrected chi connectivity index (χ3v) is 8.92. The molecule has 0 aliphatic carbocycles. The van der Waals surface area contributed by atoms with Crippen LogP contribution >= 0.6 is 23.5 Å². The molecule has 4 aromatic carbocycles.